The molecular weight excluding hydrogens is 515 g/mol. The lowest BCUT2D eigenvalue weighted by Gasteiger charge is -2.31. The van der Waals surface area contributed by atoms with Crippen LogP contribution in [0.4, 0.5) is 21.2 Å². The van der Waals surface area contributed by atoms with E-state index in [4.69, 9.17) is 9.47 Å². The van der Waals surface area contributed by atoms with E-state index >= 15 is 4.11 Å². The average Bonchev–Trinajstić information content (AvgIpc) is 3.26. The predicted octanol–water partition coefficient (Wildman–Crippen LogP) is 5.90. The Kier molecular flexibility index (Phi) is 5.94. The maximum absolute atomic E-state index is 15.7. The second-order valence-corrected chi connectivity index (χ2v) is 14.9. The van der Waals surface area contributed by atoms with Gasteiger partial charge in [0.05, 0.1) is 23.0 Å². The number of ether oxygens (including phenoxy) is 2. The first kappa shape index (κ1) is 25.7. The summed E-state index contributed by atoms with van der Waals surface area (Å²) in [6.07, 6.45) is -0.348. The van der Waals surface area contributed by atoms with E-state index in [0.29, 0.717) is 39.7 Å². The van der Waals surface area contributed by atoms with Crippen LogP contribution in [0.15, 0.2) is 66.7 Å². The van der Waals surface area contributed by atoms with E-state index in [1.54, 1.807) is 54.2 Å². The van der Waals surface area contributed by atoms with E-state index in [2.05, 4.69) is 0 Å². The molecule has 6 rings (SSSR count). The molecule has 0 aromatic heterocycles. The van der Waals surface area contributed by atoms with Gasteiger partial charge in [-0.1, -0.05) is 31.2 Å². The summed E-state index contributed by atoms with van der Waals surface area (Å²) in [7, 11) is -1.60. The van der Waals surface area contributed by atoms with Crippen molar-refractivity contribution < 1.29 is 28.3 Å². The first-order chi connectivity index (χ1) is 18.6. The molecule has 4 atom stereocenters. The Balaban J connectivity index is 1.54. The monoisotopic (exact) mass is 546 g/mol. The lowest BCUT2D eigenvalue weighted by molar-refractivity contribution is -0.145. The number of carbonyl (C=O) groups is 2. The number of fused-ring (bicyclic) bond motifs is 4. The standard InChI is InChI=1S/C30H31FN2O5Si/c1-18-27(39(3,4)31)26(15-16-34)38-30(18)21-17-19(13-14-22(21)32(2)29(30)36)33-23-10-6-8-12-25(23)37-24-11-7-5-9-20(24)28(33)35/h5-14,17-18,26-27,34H,15-16H2,1-4H3/t18-,26+,27-,30+/m1/s1. The molecule has 9 heteroatoms. The molecule has 3 aliphatic heterocycles. The molecule has 7 nitrogen and oxygen atoms in total. The zero-order valence-electron chi connectivity index (χ0n) is 22.3. The summed E-state index contributed by atoms with van der Waals surface area (Å²) in [5, 5.41) is 9.75. The molecule has 3 aliphatic rings. The minimum absolute atomic E-state index is 0.163. The molecular formula is C30H31FN2O5Si. The fourth-order valence-corrected chi connectivity index (χ4v) is 9.28. The fraction of sp³-hybridized carbons (Fsp3) is 0.333. The van der Waals surface area contributed by atoms with Crippen LogP contribution in [0.2, 0.25) is 18.6 Å². The van der Waals surface area contributed by atoms with Gasteiger partial charge >= 0.3 is 0 Å². The minimum Gasteiger partial charge on any atom is -0.454 e. The van der Waals surface area contributed by atoms with Crippen LogP contribution >= 0.6 is 0 Å². The van der Waals surface area contributed by atoms with Gasteiger partial charge in [0.25, 0.3) is 11.8 Å². The van der Waals surface area contributed by atoms with E-state index in [9.17, 15) is 14.7 Å². The molecule has 0 aliphatic carbocycles. The number of benzene rings is 3. The highest BCUT2D eigenvalue weighted by Gasteiger charge is 2.66. The van der Waals surface area contributed by atoms with Crippen LogP contribution in [-0.2, 0) is 15.1 Å². The van der Waals surface area contributed by atoms with Crippen molar-refractivity contribution in [3.63, 3.8) is 0 Å². The predicted molar refractivity (Wildman–Crippen MR) is 149 cm³/mol. The lowest BCUT2D eigenvalue weighted by atomic mass is 9.82. The maximum Gasteiger partial charge on any atom is 0.266 e. The highest BCUT2D eigenvalue weighted by Crippen LogP contribution is 2.60. The van der Waals surface area contributed by atoms with Gasteiger partial charge in [0.1, 0.15) is 5.75 Å². The van der Waals surface area contributed by atoms with Gasteiger partial charge in [0.2, 0.25) is 8.41 Å². The van der Waals surface area contributed by atoms with Gasteiger partial charge in [-0.2, -0.15) is 0 Å². The van der Waals surface area contributed by atoms with Gasteiger partial charge in [-0.05, 0) is 62.0 Å². The molecule has 1 spiro atoms. The Hall–Kier alpha value is -3.53. The smallest absolute Gasteiger partial charge is 0.266 e. The van der Waals surface area contributed by atoms with Crippen molar-refractivity contribution in [2.24, 2.45) is 5.92 Å². The van der Waals surface area contributed by atoms with Crippen molar-refractivity contribution in [3.8, 4) is 11.5 Å². The van der Waals surface area contributed by atoms with Crippen molar-refractivity contribution in [3.05, 3.63) is 77.9 Å². The van der Waals surface area contributed by atoms with E-state index in [-0.39, 0.29) is 24.8 Å². The van der Waals surface area contributed by atoms with Gasteiger partial charge in [0.15, 0.2) is 11.4 Å². The number of rotatable bonds is 4. The molecule has 2 amide bonds. The van der Waals surface area contributed by atoms with E-state index < -0.39 is 31.6 Å². The number of hydrogen-bond donors (Lipinski definition) is 1. The molecule has 202 valence electrons. The first-order valence-corrected chi connectivity index (χ1v) is 16.2. The Morgan fingerprint density at radius 3 is 2.41 bits per heavy atom. The third-order valence-electron chi connectivity index (χ3n) is 8.39. The van der Waals surface area contributed by atoms with Crippen molar-refractivity contribution in [2.45, 2.75) is 43.7 Å². The Labute approximate surface area is 227 Å². The molecule has 0 radical (unpaired) electrons. The van der Waals surface area contributed by atoms with E-state index in [0.717, 1.165) is 0 Å². The van der Waals surface area contributed by atoms with Crippen molar-refractivity contribution >= 4 is 37.3 Å². The molecule has 3 aromatic carbocycles. The first-order valence-electron chi connectivity index (χ1n) is 13.2. The van der Waals surface area contributed by atoms with Crippen LogP contribution in [0, 0.1) is 5.92 Å². The summed E-state index contributed by atoms with van der Waals surface area (Å²) in [5.41, 5.74) is 0.886. The molecule has 1 N–H and O–H groups in total. The molecule has 3 aromatic rings. The zero-order chi connectivity index (χ0) is 27.7. The molecule has 39 heavy (non-hydrogen) atoms. The molecule has 1 saturated heterocycles. The summed E-state index contributed by atoms with van der Waals surface area (Å²) in [5.74, 6) is -0.0121. The Morgan fingerprint density at radius 1 is 1.00 bits per heavy atom. The molecule has 0 saturated carbocycles. The Morgan fingerprint density at radius 2 is 1.69 bits per heavy atom. The average molecular weight is 547 g/mol. The quantitative estimate of drug-likeness (QED) is 0.325. The minimum atomic E-state index is -3.29. The number of para-hydroxylation sites is 3. The SMILES string of the molecule is C[C@@H]1[C@@H]([Si](C)(C)F)[C@H](CCO)O[C@@]12C(=O)N(C)c1ccc(N3C(=O)c4ccccc4Oc4ccccc43)cc12. The van der Waals surface area contributed by atoms with Crippen molar-refractivity contribution in [1.29, 1.82) is 0 Å². The van der Waals surface area contributed by atoms with Gasteiger partial charge in [0, 0.05) is 36.4 Å². The summed E-state index contributed by atoms with van der Waals surface area (Å²) < 4.78 is 28.4. The number of halogens is 1. The van der Waals surface area contributed by atoms with Crippen molar-refractivity contribution in [2.75, 3.05) is 23.5 Å². The molecule has 1 fully saturated rings. The maximum atomic E-state index is 15.7. The molecule has 3 heterocycles. The largest absolute Gasteiger partial charge is 0.454 e. The summed E-state index contributed by atoms with van der Waals surface area (Å²) in [6, 6.07) is 19.8. The van der Waals surface area contributed by atoms with Gasteiger partial charge in [-0.15, -0.1) is 0 Å². The number of aliphatic hydroxyl groups is 1. The Bertz CT molecular complexity index is 1490. The number of hydrogen-bond acceptors (Lipinski definition) is 5. The second kappa shape index (κ2) is 9.01. The van der Waals surface area contributed by atoms with Crippen LogP contribution < -0.4 is 14.5 Å². The van der Waals surface area contributed by atoms with E-state index in [1.165, 1.54) is 0 Å². The number of anilines is 3. The van der Waals surface area contributed by atoms with E-state index in [1.807, 2.05) is 49.4 Å². The topological polar surface area (TPSA) is 79.3 Å². The lowest BCUT2D eigenvalue weighted by Crippen LogP contribution is -2.44. The number of likely N-dealkylation sites (N-methyl/N-ethyl adjacent to an activating group) is 1. The highest BCUT2D eigenvalue weighted by atomic mass is 28.4. The normalized spacial score (nSPS) is 25.8. The fourth-order valence-electron chi connectivity index (χ4n) is 6.74. The van der Waals surface area contributed by atoms with Gasteiger partial charge < -0.3 is 23.6 Å². The van der Waals surface area contributed by atoms with Gasteiger partial charge in [-0.25, -0.2) is 0 Å². The number of carbonyl (C=O) groups excluding carboxylic acids is 2. The summed E-state index contributed by atoms with van der Waals surface area (Å²) >= 11 is 0. The number of amides is 2. The highest BCUT2D eigenvalue weighted by molar-refractivity contribution is 6.72. The zero-order valence-corrected chi connectivity index (χ0v) is 23.3. The third kappa shape index (κ3) is 3.67. The second-order valence-electron chi connectivity index (χ2n) is 11.1. The number of aliphatic hydroxyl groups excluding tert-OH is 1. The van der Waals surface area contributed by atoms with Crippen molar-refractivity contribution in [1.82, 2.24) is 0 Å². The van der Waals surface area contributed by atoms with Gasteiger partial charge in [-0.3, -0.25) is 14.5 Å². The summed E-state index contributed by atoms with van der Waals surface area (Å²) in [6.45, 7) is 4.97. The van der Waals surface area contributed by atoms with Crippen LogP contribution in [0.5, 0.6) is 11.5 Å². The summed E-state index contributed by atoms with van der Waals surface area (Å²) in [4.78, 5) is 31.1. The third-order valence-corrected chi connectivity index (χ3v) is 10.8. The van der Waals surface area contributed by atoms with Crippen LogP contribution in [0.25, 0.3) is 0 Å². The van der Waals surface area contributed by atoms with Crippen LogP contribution in [0.3, 0.4) is 0 Å². The molecule has 0 bridgehead atoms. The van der Waals surface area contributed by atoms with Crippen LogP contribution in [-0.4, -0.2) is 45.1 Å². The number of nitrogens with zero attached hydrogens (tertiary/aromatic N) is 2. The molecule has 0 unspecified atom stereocenters. The van der Waals surface area contributed by atoms with Crippen LogP contribution in [0.1, 0.15) is 29.3 Å².